The largest absolute Gasteiger partial charge is 0.493 e. The van der Waals surface area contributed by atoms with Crippen LogP contribution in [0.1, 0.15) is 19.8 Å². The van der Waals surface area contributed by atoms with Crippen LogP contribution in [-0.2, 0) is 0 Å². The quantitative estimate of drug-likeness (QED) is 0.542. The normalized spacial score (nSPS) is 10.3. The molecule has 0 heterocycles. The second-order valence-electron chi connectivity index (χ2n) is 3.76. The zero-order valence-electron chi connectivity index (χ0n) is 10.1. The molecule has 0 spiro atoms. The molecule has 0 saturated carbocycles. The van der Waals surface area contributed by atoms with Crippen LogP contribution in [0.15, 0.2) is 24.3 Å². The van der Waals surface area contributed by atoms with Crippen LogP contribution < -0.4 is 10.2 Å². The third-order valence-corrected chi connectivity index (χ3v) is 3.35. The van der Waals surface area contributed by atoms with Gasteiger partial charge in [0.05, 0.1) is 6.61 Å². The number of unbranched alkanes of at least 4 members (excludes halogenated alkanes) is 1. The van der Waals surface area contributed by atoms with Crippen LogP contribution in [0.2, 0.25) is 0 Å². The summed E-state index contributed by atoms with van der Waals surface area (Å²) in [5.74, 6) is 2.95. The predicted molar refractivity (Wildman–Crippen MR) is 74.0 cm³/mol. The summed E-state index contributed by atoms with van der Waals surface area (Å²) in [6.07, 6.45) is 2.49. The maximum Gasteiger partial charge on any atom is 0.488 e. The molecule has 1 rings (SSSR count). The molecule has 0 unspecified atom stereocenters. The Hall–Kier alpha value is -0.645. The SMILES string of the molecule is CCCCSCCOc1ccc(B(O)O)cc1. The molecule has 94 valence electrons. The summed E-state index contributed by atoms with van der Waals surface area (Å²) in [6.45, 7) is 2.88. The molecule has 0 aromatic heterocycles. The van der Waals surface area contributed by atoms with Gasteiger partial charge >= 0.3 is 7.12 Å². The van der Waals surface area contributed by atoms with Crippen LogP contribution in [0.3, 0.4) is 0 Å². The molecule has 0 aliphatic carbocycles. The number of rotatable bonds is 8. The fraction of sp³-hybridized carbons (Fsp3) is 0.500. The highest BCUT2D eigenvalue weighted by atomic mass is 32.2. The van der Waals surface area contributed by atoms with E-state index in [9.17, 15) is 0 Å². The minimum Gasteiger partial charge on any atom is -0.493 e. The van der Waals surface area contributed by atoms with Gasteiger partial charge in [0, 0.05) is 5.75 Å². The zero-order valence-corrected chi connectivity index (χ0v) is 10.9. The molecule has 1 aromatic rings. The minimum absolute atomic E-state index is 0.481. The van der Waals surface area contributed by atoms with E-state index >= 15 is 0 Å². The third-order valence-electron chi connectivity index (χ3n) is 2.32. The standard InChI is InChI=1S/C12H19BO3S/c1-2-3-9-17-10-8-16-12-6-4-11(5-7-12)13(14)15/h4-7,14-15H,2-3,8-10H2,1H3. The van der Waals surface area contributed by atoms with E-state index in [0.717, 1.165) is 11.5 Å². The van der Waals surface area contributed by atoms with Crippen LogP contribution in [0.5, 0.6) is 5.75 Å². The Morgan fingerprint density at radius 1 is 1.18 bits per heavy atom. The number of hydrogen-bond donors (Lipinski definition) is 2. The van der Waals surface area contributed by atoms with Crippen LogP contribution >= 0.6 is 11.8 Å². The first kappa shape index (κ1) is 14.4. The topological polar surface area (TPSA) is 49.7 Å². The van der Waals surface area contributed by atoms with Crippen molar-refractivity contribution < 1.29 is 14.8 Å². The summed E-state index contributed by atoms with van der Waals surface area (Å²) < 4.78 is 5.54. The average molecular weight is 254 g/mol. The Kier molecular flexibility index (Phi) is 7.16. The molecule has 3 nitrogen and oxygen atoms in total. The van der Waals surface area contributed by atoms with Gasteiger partial charge in [-0.3, -0.25) is 0 Å². The van der Waals surface area contributed by atoms with Crippen molar-refractivity contribution in [2.75, 3.05) is 18.1 Å². The molecule has 0 saturated heterocycles. The van der Waals surface area contributed by atoms with Gasteiger partial charge in [0.25, 0.3) is 0 Å². The third kappa shape index (κ3) is 6.01. The molecule has 0 radical (unpaired) electrons. The Morgan fingerprint density at radius 3 is 2.47 bits per heavy atom. The van der Waals surface area contributed by atoms with Gasteiger partial charge in [-0.15, -0.1) is 0 Å². The summed E-state index contributed by atoms with van der Waals surface area (Å²) in [5, 5.41) is 17.8. The highest BCUT2D eigenvalue weighted by Gasteiger charge is 2.09. The first-order valence-electron chi connectivity index (χ1n) is 5.90. The van der Waals surface area contributed by atoms with Gasteiger partial charge in [-0.05, 0) is 29.8 Å². The number of benzene rings is 1. The van der Waals surface area contributed by atoms with E-state index in [-0.39, 0.29) is 0 Å². The van der Waals surface area contributed by atoms with Crippen molar-refractivity contribution in [3.63, 3.8) is 0 Å². The zero-order chi connectivity index (χ0) is 12.5. The summed E-state index contributed by atoms with van der Waals surface area (Å²) in [5.41, 5.74) is 0.481. The Morgan fingerprint density at radius 2 is 1.88 bits per heavy atom. The van der Waals surface area contributed by atoms with Crippen molar-refractivity contribution in [3.8, 4) is 5.75 Å². The molecule has 0 aliphatic heterocycles. The second-order valence-corrected chi connectivity index (χ2v) is 4.98. The Balaban J connectivity index is 2.19. The van der Waals surface area contributed by atoms with E-state index in [1.54, 1.807) is 24.3 Å². The highest BCUT2D eigenvalue weighted by molar-refractivity contribution is 7.99. The van der Waals surface area contributed by atoms with Crippen molar-refractivity contribution in [2.24, 2.45) is 0 Å². The first-order valence-corrected chi connectivity index (χ1v) is 7.06. The monoisotopic (exact) mass is 254 g/mol. The van der Waals surface area contributed by atoms with Gasteiger partial charge in [0.1, 0.15) is 5.75 Å². The molecule has 2 N–H and O–H groups in total. The van der Waals surface area contributed by atoms with Crippen molar-refractivity contribution in [1.29, 1.82) is 0 Å². The van der Waals surface area contributed by atoms with Crippen molar-refractivity contribution in [3.05, 3.63) is 24.3 Å². The highest BCUT2D eigenvalue weighted by Crippen LogP contribution is 2.09. The Bertz CT molecular complexity index is 303. The predicted octanol–water partition coefficient (Wildman–Crippen LogP) is 1.28. The molecule has 0 amide bonds. The van der Waals surface area contributed by atoms with Crippen LogP contribution in [0, 0.1) is 0 Å². The second kappa shape index (κ2) is 8.45. The molecular formula is C12H19BO3S. The lowest BCUT2D eigenvalue weighted by atomic mass is 9.80. The van der Waals surface area contributed by atoms with E-state index in [1.807, 2.05) is 11.8 Å². The lowest BCUT2D eigenvalue weighted by molar-refractivity contribution is 0.344. The smallest absolute Gasteiger partial charge is 0.488 e. The average Bonchev–Trinajstić information content (AvgIpc) is 2.34. The van der Waals surface area contributed by atoms with E-state index in [1.165, 1.54) is 18.6 Å². The fourth-order valence-electron chi connectivity index (χ4n) is 1.30. The maximum absolute atomic E-state index is 8.92. The van der Waals surface area contributed by atoms with Crippen molar-refractivity contribution >= 4 is 24.3 Å². The number of ether oxygens (including phenoxy) is 1. The number of thioether (sulfide) groups is 1. The van der Waals surface area contributed by atoms with Crippen molar-refractivity contribution in [2.45, 2.75) is 19.8 Å². The Labute approximate surface area is 107 Å². The molecule has 17 heavy (non-hydrogen) atoms. The molecule has 0 atom stereocenters. The first-order chi connectivity index (χ1) is 8.24. The lowest BCUT2D eigenvalue weighted by Crippen LogP contribution is -2.29. The van der Waals surface area contributed by atoms with Gasteiger partial charge in [-0.25, -0.2) is 0 Å². The number of hydrogen-bond acceptors (Lipinski definition) is 4. The van der Waals surface area contributed by atoms with Crippen molar-refractivity contribution in [1.82, 2.24) is 0 Å². The molecular weight excluding hydrogens is 235 g/mol. The maximum atomic E-state index is 8.92. The molecule has 0 fully saturated rings. The van der Waals surface area contributed by atoms with Crippen LogP contribution in [-0.4, -0.2) is 35.3 Å². The summed E-state index contributed by atoms with van der Waals surface area (Å²) in [6, 6.07) is 6.82. The fourth-order valence-corrected chi connectivity index (χ4v) is 2.20. The summed E-state index contributed by atoms with van der Waals surface area (Å²) >= 11 is 1.90. The van der Waals surface area contributed by atoms with E-state index < -0.39 is 7.12 Å². The molecule has 0 bridgehead atoms. The molecule has 1 aromatic carbocycles. The van der Waals surface area contributed by atoms with Gasteiger partial charge in [0.15, 0.2) is 0 Å². The lowest BCUT2D eigenvalue weighted by Gasteiger charge is -2.06. The van der Waals surface area contributed by atoms with Gasteiger partial charge < -0.3 is 14.8 Å². The van der Waals surface area contributed by atoms with Crippen LogP contribution in [0.4, 0.5) is 0 Å². The molecule has 5 heteroatoms. The van der Waals surface area contributed by atoms with Gasteiger partial charge in [-0.2, -0.15) is 11.8 Å². The molecule has 0 aliphatic rings. The van der Waals surface area contributed by atoms with Gasteiger partial charge in [-0.1, -0.05) is 25.5 Å². The van der Waals surface area contributed by atoms with E-state index in [2.05, 4.69) is 6.92 Å². The van der Waals surface area contributed by atoms with E-state index in [4.69, 9.17) is 14.8 Å². The minimum atomic E-state index is -1.41. The van der Waals surface area contributed by atoms with Crippen LogP contribution in [0.25, 0.3) is 0 Å². The van der Waals surface area contributed by atoms with E-state index in [0.29, 0.717) is 12.1 Å². The summed E-state index contributed by atoms with van der Waals surface area (Å²) in [7, 11) is -1.41. The van der Waals surface area contributed by atoms with Gasteiger partial charge in [0.2, 0.25) is 0 Å². The summed E-state index contributed by atoms with van der Waals surface area (Å²) in [4.78, 5) is 0.